The molecule has 1 heterocycles. The molecule has 1 amide bonds. The summed E-state index contributed by atoms with van der Waals surface area (Å²) in [6.07, 6.45) is 8.28. The van der Waals surface area contributed by atoms with Crippen LogP contribution in [0.1, 0.15) is 75.4 Å². The summed E-state index contributed by atoms with van der Waals surface area (Å²) in [6, 6.07) is 13.2. The van der Waals surface area contributed by atoms with Crippen LogP contribution in [0, 0.1) is 23.2 Å². The molecule has 8 heteroatoms. The lowest BCUT2D eigenvalue weighted by Gasteiger charge is -2.57. The third-order valence-corrected chi connectivity index (χ3v) is 8.44. The molecule has 8 nitrogen and oxygen atoms in total. The Morgan fingerprint density at radius 2 is 1.46 bits per heavy atom. The Hall–Kier alpha value is -3.94. The minimum absolute atomic E-state index is 0.104. The molecule has 4 N–H and O–H groups in total. The van der Waals surface area contributed by atoms with Crippen molar-refractivity contribution in [3.8, 4) is 11.4 Å². The van der Waals surface area contributed by atoms with Gasteiger partial charge >= 0.3 is 11.9 Å². The molecule has 37 heavy (non-hydrogen) atoms. The van der Waals surface area contributed by atoms with Crippen LogP contribution in [0.25, 0.3) is 11.4 Å². The van der Waals surface area contributed by atoms with Gasteiger partial charge in [0.25, 0.3) is 5.91 Å². The second kappa shape index (κ2) is 8.87. The highest BCUT2D eigenvalue weighted by Gasteiger charge is 2.51. The van der Waals surface area contributed by atoms with Gasteiger partial charge in [0, 0.05) is 16.9 Å². The number of carboxylic acids is 2. The number of rotatable bonds is 7. The van der Waals surface area contributed by atoms with E-state index in [9.17, 15) is 24.6 Å². The normalized spacial score (nSPS) is 25.7. The van der Waals surface area contributed by atoms with Gasteiger partial charge in [-0.1, -0.05) is 30.3 Å². The zero-order valence-corrected chi connectivity index (χ0v) is 20.4. The third kappa shape index (κ3) is 4.52. The van der Waals surface area contributed by atoms with Crippen LogP contribution in [0.2, 0.25) is 0 Å². The molecular formula is C29H29N3O5. The van der Waals surface area contributed by atoms with Gasteiger partial charge in [-0.2, -0.15) is 0 Å². The summed E-state index contributed by atoms with van der Waals surface area (Å²) in [5.74, 6) is -0.109. The Bertz CT molecular complexity index is 1330. The molecule has 0 unspecified atom stereocenters. The molecule has 190 valence electrons. The molecule has 4 fully saturated rings. The summed E-state index contributed by atoms with van der Waals surface area (Å²) in [4.78, 5) is 44.7. The molecule has 0 radical (unpaired) electrons. The van der Waals surface area contributed by atoms with Gasteiger partial charge in [0.2, 0.25) is 0 Å². The van der Waals surface area contributed by atoms with E-state index in [1.807, 2.05) is 30.3 Å². The molecule has 0 aliphatic heterocycles. The van der Waals surface area contributed by atoms with Gasteiger partial charge < -0.3 is 20.5 Å². The standard InChI is InChI=1S/C29H29N3O5/c33-26(30-22-10-20(27(34)35)9-21(11-22)28(36)37)24-23(31-25(32-24)19-4-2-1-3-5-19)15-29-12-16-6-17(13-29)8-18(7-16)14-29/h1-5,9-11,16-18H,6-8,12-15H2,(H,30,33)(H,31,32)(H,34,35)(H,36,37). The zero-order chi connectivity index (χ0) is 25.7. The van der Waals surface area contributed by atoms with E-state index in [1.54, 1.807) is 0 Å². The zero-order valence-electron chi connectivity index (χ0n) is 20.4. The number of carboxylic acid groups (broad SMARTS) is 2. The van der Waals surface area contributed by atoms with Gasteiger partial charge in [-0.05, 0) is 86.3 Å². The average Bonchev–Trinajstić information content (AvgIpc) is 3.26. The first-order valence-electron chi connectivity index (χ1n) is 12.8. The van der Waals surface area contributed by atoms with E-state index < -0.39 is 17.8 Å². The predicted octanol–water partition coefficient (Wildman–Crippen LogP) is 5.48. The highest BCUT2D eigenvalue weighted by Crippen LogP contribution is 2.61. The highest BCUT2D eigenvalue weighted by atomic mass is 16.4. The number of carbonyl (C=O) groups is 3. The van der Waals surface area contributed by atoms with E-state index in [0.717, 1.165) is 41.5 Å². The molecule has 0 atom stereocenters. The molecule has 4 aliphatic rings. The van der Waals surface area contributed by atoms with E-state index in [0.29, 0.717) is 5.82 Å². The van der Waals surface area contributed by atoms with Crippen LogP contribution in [0.3, 0.4) is 0 Å². The number of nitrogens with one attached hydrogen (secondary N) is 2. The minimum Gasteiger partial charge on any atom is -0.478 e. The Morgan fingerprint density at radius 3 is 2.00 bits per heavy atom. The largest absolute Gasteiger partial charge is 0.478 e. The van der Waals surface area contributed by atoms with E-state index in [2.05, 4.69) is 15.3 Å². The highest BCUT2D eigenvalue weighted by molar-refractivity contribution is 6.05. The first-order valence-corrected chi connectivity index (χ1v) is 12.8. The number of carbonyl (C=O) groups excluding carboxylic acids is 1. The molecule has 4 saturated carbocycles. The van der Waals surface area contributed by atoms with Crippen LogP contribution in [-0.4, -0.2) is 38.0 Å². The summed E-state index contributed by atoms with van der Waals surface area (Å²) in [6.45, 7) is 0. The summed E-state index contributed by atoms with van der Waals surface area (Å²) in [7, 11) is 0. The van der Waals surface area contributed by atoms with E-state index in [1.165, 1.54) is 50.7 Å². The second-order valence-electron chi connectivity index (χ2n) is 11.2. The molecule has 1 aromatic heterocycles. The van der Waals surface area contributed by atoms with Crippen LogP contribution < -0.4 is 5.32 Å². The average molecular weight is 500 g/mol. The van der Waals surface area contributed by atoms with Crippen molar-refractivity contribution in [2.24, 2.45) is 23.2 Å². The maximum Gasteiger partial charge on any atom is 0.335 e. The number of aromatic nitrogens is 2. The molecule has 3 aromatic rings. The van der Waals surface area contributed by atoms with Crippen molar-refractivity contribution >= 4 is 23.5 Å². The maximum absolute atomic E-state index is 13.5. The van der Waals surface area contributed by atoms with Crippen molar-refractivity contribution in [2.45, 2.75) is 44.9 Å². The van der Waals surface area contributed by atoms with Crippen molar-refractivity contribution in [1.82, 2.24) is 9.97 Å². The Morgan fingerprint density at radius 1 is 0.892 bits per heavy atom. The maximum atomic E-state index is 13.5. The Kier molecular flexibility index (Phi) is 5.62. The number of hydrogen-bond acceptors (Lipinski definition) is 4. The van der Waals surface area contributed by atoms with E-state index in [4.69, 9.17) is 0 Å². The van der Waals surface area contributed by atoms with Crippen LogP contribution in [0.15, 0.2) is 48.5 Å². The van der Waals surface area contributed by atoms with Crippen LogP contribution in [0.4, 0.5) is 5.69 Å². The molecule has 4 aliphatic carbocycles. The molecular weight excluding hydrogens is 470 g/mol. The number of hydrogen-bond donors (Lipinski definition) is 4. The number of H-pyrrole nitrogens is 1. The lowest BCUT2D eigenvalue weighted by molar-refractivity contribution is -0.0526. The van der Waals surface area contributed by atoms with E-state index in [-0.39, 0.29) is 27.9 Å². The first-order chi connectivity index (χ1) is 17.8. The number of imidazole rings is 1. The van der Waals surface area contributed by atoms with E-state index >= 15 is 0 Å². The molecule has 4 bridgehead atoms. The van der Waals surface area contributed by atoms with Gasteiger partial charge in [-0.15, -0.1) is 0 Å². The van der Waals surface area contributed by atoms with Crippen molar-refractivity contribution in [3.05, 3.63) is 71.0 Å². The molecule has 2 aromatic carbocycles. The topological polar surface area (TPSA) is 132 Å². The minimum atomic E-state index is -1.27. The van der Waals surface area contributed by atoms with Crippen LogP contribution >= 0.6 is 0 Å². The fourth-order valence-electron chi connectivity index (χ4n) is 7.48. The fourth-order valence-corrected chi connectivity index (χ4v) is 7.48. The third-order valence-electron chi connectivity index (χ3n) is 8.44. The summed E-state index contributed by atoms with van der Waals surface area (Å²) in [5, 5.41) is 21.5. The van der Waals surface area contributed by atoms with Crippen molar-refractivity contribution in [1.29, 1.82) is 0 Å². The Labute approximate surface area is 214 Å². The first kappa shape index (κ1) is 23.5. The SMILES string of the molecule is O=C(O)c1cc(NC(=O)c2nc(-c3ccccc3)[nH]c2CC23CC4CC(CC(C4)C2)C3)cc(C(=O)O)c1. The lowest BCUT2D eigenvalue weighted by Crippen LogP contribution is -2.47. The van der Waals surface area contributed by atoms with Gasteiger partial charge in [0.1, 0.15) is 11.5 Å². The van der Waals surface area contributed by atoms with Crippen molar-refractivity contribution in [3.63, 3.8) is 0 Å². The van der Waals surface area contributed by atoms with Crippen LogP contribution in [0.5, 0.6) is 0 Å². The summed E-state index contributed by atoms with van der Waals surface area (Å²) in [5.41, 5.74) is 1.77. The molecule has 7 rings (SSSR count). The van der Waals surface area contributed by atoms with Gasteiger partial charge in [-0.25, -0.2) is 14.6 Å². The second-order valence-corrected chi connectivity index (χ2v) is 11.2. The number of anilines is 1. The summed E-state index contributed by atoms with van der Waals surface area (Å²) >= 11 is 0. The molecule has 0 saturated heterocycles. The lowest BCUT2D eigenvalue weighted by atomic mass is 9.48. The number of aromatic carboxylic acids is 2. The van der Waals surface area contributed by atoms with Crippen molar-refractivity contribution < 1.29 is 24.6 Å². The predicted molar refractivity (Wildman–Crippen MR) is 137 cm³/mol. The fraction of sp³-hybridized carbons (Fsp3) is 0.379. The number of aromatic amines is 1. The van der Waals surface area contributed by atoms with Crippen molar-refractivity contribution in [2.75, 3.05) is 5.32 Å². The van der Waals surface area contributed by atoms with Gasteiger partial charge in [0.15, 0.2) is 0 Å². The van der Waals surface area contributed by atoms with Crippen LogP contribution in [-0.2, 0) is 6.42 Å². The number of amides is 1. The number of nitrogens with zero attached hydrogens (tertiary/aromatic N) is 1. The Balaban J connectivity index is 1.35. The summed E-state index contributed by atoms with van der Waals surface area (Å²) < 4.78 is 0. The molecule has 0 spiro atoms. The number of benzene rings is 2. The smallest absolute Gasteiger partial charge is 0.335 e. The monoisotopic (exact) mass is 499 g/mol. The quantitative estimate of drug-likeness (QED) is 0.340. The van der Waals surface area contributed by atoms with Gasteiger partial charge in [-0.3, -0.25) is 4.79 Å². The van der Waals surface area contributed by atoms with Gasteiger partial charge in [0.05, 0.1) is 11.1 Å².